The van der Waals surface area contributed by atoms with Gasteiger partial charge in [0.05, 0.1) is 18.9 Å². The topological polar surface area (TPSA) is 39.4 Å². The molecule has 0 saturated carbocycles. The monoisotopic (exact) mass is 204 g/mol. The van der Waals surface area contributed by atoms with Crippen LogP contribution in [0.3, 0.4) is 0 Å². The van der Waals surface area contributed by atoms with E-state index in [9.17, 15) is 4.79 Å². The number of benzene rings is 1. The highest BCUT2D eigenvalue weighted by atomic mass is 16.5. The number of hydrogen-bond donors (Lipinski definition) is 0. The van der Waals surface area contributed by atoms with Gasteiger partial charge in [0.1, 0.15) is 6.26 Å². The molecule has 78 valence electrons. The van der Waals surface area contributed by atoms with Crippen molar-refractivity contribution in [3.05, 3.63) is 60.6 Å². The summed E-state index contributed by atoms with van der Waals surface area (Å²) >= 11 is 0. The fourth-order valence-electron chi connectivity index (χ4n) is 0.883. The first-order chi connectivity index (χ1) is 7.34. The van der Waals surface area contributed by atoms with Gasteiger partial charge in [-0.1, -0.05) is 36.4 Å². The van der Waals surface area contributed by atoms with Gasteiger partial charge in [0.25, 0.3) is 0 Å². The largest absolute Gasteiger partial charge is 0.472 e. The fraction of sp³-hybridized carbons (Fsp3) is 0.0833. The number of carbonyl (C=O) groups is 1. The predicted octanol–water partition coefficient (Wildman–Crippen LogP) is 2.75. The number of hydrogen-bond acceptors (Lipinski definition) is 3. The SMILES string of the molecule is COC(=O)c1ccoc1.c1ccccc1. The van der Waals surface area contributed by atoms with Gasteiger partial charge < -0.3 is 9.15 Å². The van der Waals surface area contributed by atoms with Gasteiger partial charge in [0, 0.05) is 0 Å². The smallest absolute Gasteiger partial charge is 0.341 e. The average molecular weight is 204 g/mol. The third-order valence-electron chi connectivity index (χ3n) is 1.61. The number of carbonyl (C=O) groups excluding carboxylic acids is 1. The van der Waals surface area contributed by atoms with Crippen LogP contribution in [-0.4, -0.2) is 13.1 Å². The molecule has 3 heteroatoms. The summed E-state index contributed by atoms with van der Waals surface area (Å²) in [4.78, 5) is 10.6. The van der Waals surface area contributed by atoms with Crippen LogP contribution in [-0.2, 0) is 4.74 Å². The average Bonchev–Trinajstić information content (AvgIpc) is 2.85. The van der Waals surface area contributed by atoms with Crippen molar-refractivity contribution in [3.63, 3.8) is 0 Å². The van der Waals surface area contributed by atoms with E-state index in [1.165, 1.54) is 19.6 Å². The molecule has 3 nitrogen and oxygen atoms in total. The van der Waals surface area contributed by atoms with E-state index in [4.69, 9.17) is 0 Å². The molecule has 0 radical (unpaired) electrons. The van der Waals surface area contributed by atoms with E-state index in [1.807, 2.05) is 36.4 Å². The molecule has 0 amide bonds. The van der Waals surface area contributed by atoms with E-state index in [0.717, 1.165) is 0 Å². The van der Waals surface area contributed by atoms with Crippen molar-refractivity contribution >= 4 is 5.97 Å². The molecule has 15 heavy (non-hydrogen) atoms. The molecule has 0 aliphatic carbocycles. The Balaban J connectivity index is 0.000000162. The quantitative estimate of drug-likeness (QED) is 0.670. The van der Waals surface area contributed by atoms with Gasteiger partial charge in [-0.05, 0) is 6.07 Å². The second-order valence-electron chi connectivity index (χ2n) is 2.66. The third kappa shape index (κ3) is 4.13. The summed E-state index contributed by atoms with van der Waals surface area (Å²) in [5, 5.41) is 0. The summed E-state index contributed by atoms with van der Waals surface area (Å²) in [6.45, 7) is 0. The molecule has 0 bridgehead atoms. The van der Waals surface area contributed by atoms with Crippen LogP contribution in [0.15, 0.2) is 59.4 Å². The van der Waals surface area contributed by atoms with Crippen molar-refractivity contribution in [1.82, 2.24) is 0 Å². The molecule has 0 aliphatic heterocycles. The van der Waals surface area contributed by atoms with Crippen LogP contribution in [0.25, 0.3) is 0 Å². The first-order valence-electron chi connectivity index (χ1n) is 4.45. The first-order valence-corrected chi connectivity index (χ1v) is 4.45. The fourth-order valence-corrected chi connectivity index (χ4v) is 0.883. The zero-order chi connectivity index (χ0) is 10.9. The lowest BCUT2D eigenvalue weighted by Crippen LogP contribution is -1.97. The zero-order valence-electron chi connectivity index (χ0n) is 8.42. The van der Waals surface area contributed by atoms with E-state index in [1.54, 1.807) is 6.07 Å². The molecule has 0 atom stereocenters. The minimum atomic E-state index is -0.372. The van der Waals surface area contributed by atoms with E-state index < -0.39 is 0 Å². The van der Waals surface area contributed by atoms with E-state index in [0.29, 0.717) is 5.56 Å². The second-order valence-corrected chi connectivity index (χ2v) is 2.66. The van der Waals surface area contributed by atoms with Gasteiger partial charge in [-0.15, -0.1) is 0 Å². The van der Waals surface area contributed by atoms with Gasteiger partial charge in [0.2, 0.25) is 0 Å². The van der Waals surface area contributed by atoms with Gasteiger partial charge in [0.15, 0.2) is 0 Å². The summed E-state index contributed by atoms with van der Waals surface area (Å²) < 4.78 is 9.03. The normalized spacial score (nSPS) is 8.60. The molecule has 1 heterocycles. The summed E-state index contributed by atoms with van der Waals surface area (Å²) in [6.07, 6.45) is 2.76. The Morgan fingerprint density at radius 2 is 1.67 bits per heavy atom. The summed E-state index contributed by atoms with van der Waals surface area (Å²) in [6, 6.07) is 13.5. The van der Waals surface area contributed by atoms with Crippen LogP contribution in [0.1, 0.15) is 10.4 Å². The van der Waals surface area contributed by atoms with Crippen molar-refractivity contribution in [1.29, 1.82) is 0 Å². The van der Waals surface area contributed by atoms with E-state index in [-0.39, 0.29) is 5.97 Å². The number of ether oxygens (including phenoxy) is 1. The van der Waals surface area contributed by atoms with Crippen LogP contribution in [0.2, 0.25) is 0 Å². The maximum Gasteiger partial charge on any atom is 0.341 e. The third-order valence-corrected chi connectivity index (χ3v) is 1.61. The standard InChI is InChI=1S/C6H6O3.C6H6/c1-8-6(7)5-2-3-9-4-5;1-2-4-6-5-3-1/h2-4H,1H3;1-6H. The van der Waals surface area contributed by atoms with Crippen molar-refractivity contribution < 1.29 is 13.9 Å². The summed E-state index contributed by atoms with van der Waals surface area (Å²) in [5.74, 6) is -0.372. The van der Waals surface area contributed by atoms with Crippen molar-refractivity contribution in [2.45, 2.75) is 0 Å². The van der Waals surface area contributed by atoms with Crippen molar-refractivity contribution in [3.8, 4) is 0 Å². The molecule has 0 N–H and O–H groups in total. The van der Waals surface area contributed by atoms with Crippen molar-refractivity contribution in [2.75, 3.05) is 7.11 Å². The van der Waals surface area contributed by atoms with Crippen LogP contribution >= 0.6 is 0 Å². The summed E-state index contributed by atoms with van der Waals surface area (Å²) in [5.41, 5.74) is 0.442. The van der Waals surface area contributed by atoms with Crippen molar-refractivity contribution in [2.24, 2.45) is 0 Å². The van der Waals surface area contributed by atoms with Crippen LogP contribution in [0.4, 0.5) is 0 Å². The molecule has 0 fully saturated rings. The lowest BCUT2D eigenvalue weighted by molar-refractivity contribution is 0.0600. The molecular weight excluding hydrogens is 192 g/mol. The van der Waals surface area contributed by atoms with Crippen LogP contribution < -0.4 is 0 Å². The Kier molecular flexibility index (Phi) is 4.73. The maximum absolute atomic E-state index is 10.6. The van der Waals surface area contributed by atoms with Gasteiger partial charge in [-0.25, -0.2) is 4.79 Å². The highest BCUT2D eigenvalue weighted by Crippen LogP contribution is 2.00. The Hall–Kier alpha value is -2.03. The van der Waals surface area contributed by atoms with Crippen LogP contribution in [0.5, 0.6) is 0 Å². The molecule has 0 unspecified atom stereocenters. The molecular formula is C12H12O3. The number of methoxy groups -OCH3 is 1. The molecule has 0 aliphatic rings. The van der Waals surface area contributed by atoms with Gasteiger partial charge in [-0.3, -0.25) is 0 Å². The van der Waals surface area contributed by atoms with E-state index in [2.05, 4.69) is 9.15 Å². The lowest BCUT2D eigenvalue weighted by Gasteiger charge is -1.89. The summed E-state index contributed by atoms with van der Waals surface area (Å²) in [7, 11) is 1.33. The molecule has 0 spiro atoms. The highest BCUT2D eigenvalue weighted by molar-refractivity contribution is 5.88. The Morgan fingerprint density at radius 1 is 1.13 bits per heavy atom. The number of esters is 1. The molecule has 1 aromatic heterocycles. The molecule has 0 saturated heterocycles. The predicted molar refractivity (Wildman–Crippen MR) is 56.5 cm³/mol. The molecule has 1 aromatic carbocycles. The second kappa shape index (κ2) is 6.43. The minimum absolute atomic E-state index is 0.372. The molecule has 2 rings (SSSR count). The first kappa shape index (κ1) is 11.0. The zero-order valence-corrected chi connectivity index (χ0v) is 8.42. The lowest BCUT2D eigenvalue weighted by atomic mass is 10.4. The Bertz CT molecular complexity index is 338. The minimum Gasteiger partial charge on any atom is -0.472 e. The Labute approximate surface area is 88.3 Å². The maximum atomic E-state index is 10.6. The van der Waals surface area contributed by atoms with Gasteiger partial charge >= 0.3 is 5.97 Å². The van der Waals surface area contributed by atoms with E-state index >= 15 is 0 Å². The van der Waals surface area contributed by atoms with Gasteiger partial charge in [-0.2, -0.15) is 0 Å². The Morgan fingerprint density at radius 3 is 2.00 bits per heavy atom. The highest BCUT2D eigenvalue weighted by Gasteiger charge is 2.03. The molecule has 2 aromatic rings. The number of rotatable bonds is 1. The van der Waals surface area contributed by atoms with Crippen LogP contribution in [0, 0.1) is 0 Å². The number of furan rings is 1.